The first-order chi connectivity index (χ1) is 13.7. The molecular weight excluding hydrogens is 356 g/mol. The van der Waals surface area contributed by atoms with Crippen molar-refractivity contribution < 1.29 is 14.6 Å². The molecule has 0 radical (unpaired) electrons. The number of ether oxygens (including phenoxy) is 2. The van der Waals surface area contributed by atoms with Crippen LogP contribution in [-0.4, -0.2) is 58.4 Å². The van der Waals surface area contributed by atoms with Crippen molar-refractivity contribution in [3.63, 3.8) is 0 Å². The van der Waals surface area contributed by atoms with Crippen molar-refractivity contribution in [1.29, 1.82) is 0 Å². The Morgan fingerprint density at radius 2 is 1.89 bits per heavy atom. The van der Waals surface area contributed by atoms with Crippen LogP contribution in [0.5, 0.6) is 11.5 Å². The van der Waals surface area contributed by atoms with Crippen LogP contribution in [0.2, 0.25) is 0 Å². The van der Waals surface area contributed by atoms with Gasteiger partial charge in [0.25, 0.3) is 0 Å². The predicted octanol–water partition coefficient (Wildman–Crippen LogP) is 1.93. The number of aliphatic hydroxyl groups excluding tert-OH is 1. The highest BCUT2D eigenvalue weighted by atomic mass is 16.6. The number of fused-ring (bicyclic) bond motifs is 2. The number of hydrogen-bond acceptors (Lipinski definition) is 7. The van der Waals surface area contributed by atoms with Gasteiger partial charge in [-0.05, 0) is 42.4 Å². The van der Waals surface area contributed by atoms with Gasteiger partial charge >= 0.3 is 0 Å². The fourth-order valence-electron chi connectivity index (χ4n) is 4.82. The Bertz CT molecular complexity index is 819. The molecule has 28 heavy (non-hydrogen) atoms. The molecule has 3 heterocycles. The summed E-state index contributed by atoms with van der Waals surface area (Å²) in [5, 5.41) is 14.0. The molecule has 2 N–H and O–H groups in total. The minimum absolute atomic E-state index is 0.0344. The van der Waals surface area contributed by atoms with Crippen molar-refractivity contribution in [2.45, 2.75) is 31.5 Å². The predicted molar refractivity (Wildman–Crippen MR) is 104 cm³/mol. The maximum atomic E-state index is 10.6. The molecule has 0 bridgehead atoms. The number of rotatable bonds is 4. The summed E-state index contributed by atoms with van der Waals surface area (Å²) < 4.78 is 11.3. The molecule has 0 spiro atoms. The van der Waals surface area contributed by atoms with Gasteiger partial charge in [-0.2, -0.15) is 0 Å². The van der Waals surface area contributed by atoms with E-state index in [1.807, 2.05) is 6.07 Å². The van der Waals surface area contributed by atoms with Crippen LogP contribution in [0.15, 0.2) is 36.8 Å². The maximum Gasteiger partial charge on any atom is 0.161 e. The third-order valence-corrected chi connectivity index (χ3v) is 6.13. The number of anilines is 1. The lowest BCUT2D eigenvalue weighted by molar-refractivity contribution is 0.0735. The summed E-state index contributed by atoms with van der Waals surface area (Å²) in [6.45, 7) is 4.23. The smallest absolute Gasteiger partial charge is 0.161 e. The van der Waals surface area contributed by atoms with Crippen molar-refractivity contribution >= 4 is 5.82 Å². The van der Waals surface area contributed by atoms with Crippen LogP contribution in [-0.2, 0) is 6.54 Å². The molecule has 1 saturated carbocycles. The Kier molecular flexibility index (Phi) is 4.78. The Labute approximate surface area is 164 Å². The summed E-state index contributed by atoms with van der Waals surface area (Å²) in [5.74, 6) is 3.56. The van der Waals surface area contributed by atoms with Gasteiger partial charge in [-0.15, -0.1) is 0 Å². The van der Waals surface area contributed by atoms with Crippen LogP contribution in [0.4, 0.5) is 5.82 Å². The van der Waals surface area contributed by atoms with Crippen molar-refractivity contribution in [2.24, 2.45) is 11.8 Å². The lowest BCUT2D eigenvalue weighted by Gasteiger charge is -2.35. The molecule has 2 aliphatic heterocycles. The first kappa shape index (κ1) is 17.7. The molecule has 7 nitrogen and oxygen atoms in total. The minimum Gasteiger partial charge on any atom is -0.486 e. The quantitative estimate of drug-likeness (QED) is 0.836. The lowest BCUT2D eigenvalue weighted by Crippen LogP contribution is -2.43. The van der Waals surface area contributed by atoms with E-state index in [0.29, 0.717) is 25.0 Å². The Balaban J connectivity index is 1.22. The van der Waals surface area contributed by atoms with Gasteiger partial charge in [-0.1, -0.05) is 6.07 Å². The summed E-state index contributed by atoms with van der Waals surface area (Å²) in [4.78, 5) is 10.9. The molecule has 0 unspecified atom stereocenters. The number of nitrogens with zero attached hydrogens (tertiary/aromatic N) is 3. The first-order valence-electron chi connectivity index (χ1n) is 10.1. The fourth-order valence-corrected chi connectivity index (χ4v) is 4.82. The summed E-state index contributed by atoms with van der Waals surface area (Å²) in [5.41, 5.74) is 1.25. The van der Waals surface area contributed by atoms with Crippen LogP contribution in [0, 0.1) is 11.8 Å². The van der Waals surface area contributed by atoms with Crippen LogP contribution in [0.3, 0.4) is 0 Å². The van der Waals surface area contributed by atoms with Gasteiger partial charge < -0.3 is 19.9 Å². The molecule has 0 amide bonds. The van der Waals surface area contributed by atoms with Crippen molar-refractivity contribution in [2.75, 3.05) is 31.6 Å². The Morgan fingerprint density at radius 1 is 1.07 bits per heavy atom. The number of likely N-dealkylation sites (tertiary alicyclic amines) is 1. The maximum absolute atomic E-state index is 10.6. The van der Waals surface area contributed by atoms with Crippen LogP contribution < -0.4 is 14.8 Å². The number of aromatic nitrogens is 2. The van der Waals surface area contributed by atoms with E-state index in [0.717, 1.165) is 49.8 Å². The van der Waals surface area contributed by atoms with Crippen LogP contribution in [0.1, 0.15) is 18.4 Å². The van der Waals surface area contributed by atoms with Crippen molar-refractivity contribution in [3.8, 4) is 11.5 Å². The summed E-state index contributed by atoms with van der Waals surface area (Å²) in [6.07, 6.45) is 6.48. The number of aliphatic hydroxyl groups is 1. The van der Waals surface area contributed by atoms with Gasteiger partial charge in [0.1, 0.15) is 19.0 Å². The van der Waals surface area contributed by atoms with Gasteiger partial charge in [0.05, 0.1) is 18.3 Å². The van der Waals surface area contributed by atoms with Crippen molar-refractivity contribution in [3.05, 3.63) is 42.4 Å². The van der Waals surface area contributed by atoms with E-state index in [4.69, 9.17) is 9.47 Å². The summed E-state index contributed by atoms with van der Waals surface area (Å²) in [7, 11) is 0. The van der Waals surface area contributed by atoms with Crippen LogP contribution >= 0.6 is 0 Å². The number of hydrogen-bond donors (Lipinski definition) is 2. The average Bonchev–Trinajstić information content (AvgIpc) is 3.10. The number of nitrogens with one attached hydrogen (secondary N) is 1. The zero-order valence-corrected chi connectivity index (χ0v) is 15.8. The molecule has 148 valence electrons. The van der Waals surface area contributed by atoms with E-state index < -0.39 is 0 Å². The van der Waals surface area contributed by atoms with E-state index in [9.17, 15) is 5.11 Å². The summed E-state index contributed by atoms with van der Waals surface area (Å²) in [6, 6.07) is 6.27. The van der Waals surface area contributed by atoms with Crippen molar-refractivity contribution in [1.82, 2.24) is 14.9 Å². The van der Waals surface area contributed by atoms with E-state index in [1.165, 1.54) is 5.56 Å². The lowest BCUT2D eigenvalue weighted by atomic mass is 9.77. The standard InChI is InChI=1S/C21H26N4O3/c26-18-9-16-13-25(11-14-1-2-19-20(7-14)28-6-5-27-19)12-15(16)8-17(18)24-21-10-22-3-4-23-21/h1-4,7,10,15-18,26H,5-6,8-9,11-13H2,(H,23,24)/t15-,16+,17-,18-/m1/s1. The Hall–Kier alpha value is -2.38. The molecule has 1 aromatic heterocycles. The topological polar surface area (TPSA) is 79.7 Å². The molecule has 2 fully saturated rings. The molecule has 5 rings (SSSR count). The molecule has 4 atom stereocenters. The largest absolute Gasteiger partial charge is 0.486 e. The third kappa shape index (κ3) is 3.64. The van der Waals surface area contributed by atoms with E-state index in [2.05, 4.69) is 32.3 Å². The minimum atomic E-state index is -0.350. The van der Waals surface area contributed by atoms with E-state index in [-0.39, 0.29) is 12.1 Å². The molecule has 1 aromatic carbocycles. The molecule has 3 aliphatic rings. The Morgan fingerprint density at radius 3 is 2.71 bits per heavy atom. The van der Waals surface area contributed by atoms with E-state index in [1.54, 1.807) is 18.6 Å². The third-order valence-electron chi connectivity index (χ3n) is 6.13. The summed E-state index contributed by atoms with van der Waals surface area (Å²) >= 11 is 0. The molecule has 1 saturated heterocycles. The molecule has 1 aliphatic carbocycles. The van der Waals surface area contributed by atoms with Gasteiger partial charge in [0.2, 0.25) is 0 Å². The van der Waals surface area contributed by atoms with Gasteiger partial charge in [0.15, 0.2) is 11.5 Å². The van der Waals surface area contributed by atoms with Gasteiger partial charge in [-0.25, -0.2) is 4.98 Å². The van der Waals surface area contributed by atoms with Gasteiger partial charge in [0, 0.05) is 32.0 Å². The highest BCUT2D eigenvalue weighted by Gasteiger charge is 2.41. The van der Waals surface area contributed by atoms with Gasteiger partial charge in [-0.3, -0.25) is 9.88 Å². The highest BCUT2D eigenvalue weighted by molar-refractivity contribution is 5.43. The zero-order chi connectivity index (χ0) is 18.9. The molecule has 2 aromatic rings. The van der Waals surface area contributed by atoms with Crippen LogP contribution in [0.25, 0.3) is 0 Å². The second-order valence-corrected chi connectivity index (χ2v) is 8.07. The highest BCUT2D eigenvalue weighted by Crippen LogP contribution is 2.38. The monoisotopic (exact) mass is 382 g/mol. The fraction of sp³-hybridized carbons (Fsp3) is 0.524. The first-order valence-corrected chi connectivity index (χ1v) is 10.1. The molecule has 7 heteroatoms. The zero-order valence-electron chi connectivity index (χ0n) is 15.8. The second-order valence-electron chi connectivity index (χ2n) is 8.07. The SMILES string of the molecule is O[C@@H]1C[C@H]2CN(Cc3ccc4c(c3)OCCO4)C[C@H]2C[C@H]1Nc1cnccn1. The number of benzene rings is 1. The second kappa shape index (κ2) is 7.56. The average molecular weight is 382 g/mol. The molecular formula is C21H26N4O3. The normalized spacial score (nSPS) is 29.3. The van der Waals surface area contributed by atoms with E-state index >= 15 is 0 Å².